The summed E-state index contributed by atoms with van der Waals surface area (Å²) >= 11 is 0. The normalized spacial score (nSPS) is 10.6. The van der Waals surface area contributed by atoms with E-state index in [9.17, 15) is 9.18 Å². The largest absolute Gasteiger partial charge is 0.478 e. The molecule has 0 fully saturated rings. The summed E-state index contributed by atoms with van der Waals surface area (Å²) in [6, 6.07) is 4.24. The van der Waals surface area contributed by atoms with Crippen molar-refractivity contribution < 1.29 is 23.8 Å². The molecular formula is C11H11FO4. The molecule has 0 aliphatic heterocycles. The zero-order chi connectivity index (χ0) is 12.0. The molecule has 0 amide bonds. The Hall–Kier alpha value is -1.88. The monoisotopic (exact) mass is 226 g/mol. The Morgan fingerprint density at radius 1 is 1.56 bits per heavy atom. The van der Waals surface area contributed by atoms with Gasteiger partial charge in [-0.25, -0.2) is 9.18 Å². The lowest BCUT2D eigenvalue weighted by molar-refractivity contribution is -0.131. The number of halogens is 1. The second-order valence-electron chi connectivity index (χ2n) is 2.88. The Morgan fingerprint density at radius 3 is 2.94 bits per heavy atom. The van der Waals surface area contributed by atoms with Crippen LogP contribution in [0.4, 0.5) is 4.39 Å². The van der Waals surface area contributed by atoms with Crippen molar-refractivity contribution in [1.82, 2.24) is 0 Å². The van der Waals surface area contributed by atoms with E-state index in [0.717, 1.165) is 6.08 Å². The van der Waals surface area contributed by atoms with E-state index in [1.807, 2.05) is 0 Å². The van der Waals surface area contributed by atoms with Gasteiger partial charge in [-0.05, 0) is 12.1 Å². The molecule has 0 saturated carbocycles. The van der Waals surface area contributed by atoms with Gasteiger partial charge < -0.3 is 14.6 Å². The highest BCUT2D eigenvalue weighted by molar-refractivity contribution is 5.85. The predicted octanol–water partition coefficient (Wildman–Crippen LogP) is 1.91. The number of carboxylic acid groups (broad SMARTS) is 1. The van der Waals surface area contributed by atoms with E-state index in [4.69, 9.17) is 9.84 Å². The quantitative estimate of drug-likeness (QED) is 0.615. The van der Waals surface area contributed by atoms with Crippen molar-refractivity contribution in [3.8, 4) is 5.75 Å². The molecule has 0 spiro atoms. The summed E-state index contributed by atoms with van der Waals surface area (Å²) in [5, 5.41) is 8.46. The van der Waals surface area contributed by atoms with Crippen LogP contribution in [0, 0.1) is 5.82 Å². The van der Waals surface area contributed by atoms with Crippen LogP contribution in [-0.2, 0) is 9.53 Å². The van der Waals surface area contributed by atoms with E-state index in [2.05, 4.69) is 4.74 Å². The maximum absolute atomic E-state index is 13.3. The van der Waals surface area contributed by atoms with Crippen LogP contribution in [0.3, 0.4) is 0 Å². The fourth-order valence-electron chi connectivity index (χ4n) is 1.09. The molecule has 16 heavy (non-hydrogen) atoms. The highest BCUT2D eigenvalue weighted by atomic mass is 19.1. The SMILES string of the molecule is COCOc1c(F)cccc1/C=C/C(=O)O. The number of methoxy groups -OCH3 is 1. The first-order valence-corrected chi connectivity index (χ1v) is 4.46. The third-order valence-corrected chi connectivity index (χ3v) is 1.72. The molecular weight excluding hydrogens is 215 g/mol. The second kappa shape index (κ2) is 5.87. The molecule has 0 aromatic heterocycles. The van der Waals surface area contributed by atoms with Crippen molar-refractivity contribution in [2.45, 2.75) is 0 Å². The number of rotatable bonds is 5. The summed E-state index contributed by atoms with van der Waals surface area (Å²) in [5.41, 5.74) is 0.347. The summed E-state index contributed by atoms with van der Waals surface area (Å²) in [6.45, 7) is -0.102. The predicted molar refractivity (Wildman–Crippen MR) is 55.6 cm³/mol. The standard InChI is InChI=1S/C11H11FO4/c1-15-7-16-11-8(5-6-10(13)14)3-2-4-9(11)12/h2-6H,7H2,1H3,(H,13,14)/b6-5+. The van der Waals surface area contributed by atoms with Gasteiger partial charge in [0.1, 0.15) is 0 Å². The van der Waals surface area contributed by atoms with Crippen LogP contribution in [0.1, 0.15) is 5.56 Å². The van der Waals surface area contributed by atoms with Gasteiger partial charge in [0.25, 0.3) is 0 Å². The van der Waals surface area contributed by atoms with Crippen LogP contribution in [0.2, 0.25) is 0 Å². The van der Waals surface area contributed by atoms with Gasteiger partial charge in [-0.2, -0.15) is 0 Å². The lowest BCUT2D eigenvalue weighted by Crippen LogP contribution is -2.02. The average molecular weight is 226 g/mol. The van der Waals surface area contributed by atoms with Crippen LogP contribution < -0.4 is 4.74 Å². The molecule has 1 rings (SSSR count). The number of hydrogen-bond acceptors (Lipinski definition) is 3. The molecule has 0 radical (unpaired) electrons. The molecule has 1 aromatic carbocycles. The Kier molecular flexibility index (Phi) is 4.47. The minimum Gasteiger partial charge on any atom is -0.478 e. The molecule has 0 saturated heterocycles. The smallest absolute Gasteiger partial charge is 0.328 e. The van der Waals surface area contributed by atoms with Crippen LogP contribution in [0.25, 0.3) is 6.08 Å². The fourth-order valence-corrected chi connectivity index (χ4v) is 1.09. The molecule has 0 unspecified atom stereocenters. The molecule has 86 valence electrons. The van der Waals surface area contributed by atoms with Gasteiger partial charge in [0.05, 0.1) is 0 Å². The second-order valence-corrected chi connectivity index (χ2v) is 2.88. The molecule has 0 aliphatic rings. The molecule has 0 atom stereocenters. The Balaban J connectivity index is 2.97. The minimum atomic E-state index is -1.11. The van der Waals surface area contributed by atoms with E-state index < -0.39 is 11.8 Å². The average Bonchev–Trinajstić information content (AvgIpc) is 2.25. The lowest BCUT2D eigenvalue weighted by atomic mass is 10.2. The highest BCUT2D eigenvalue weighted by Gasteiger charge is 2.07. The summed E-state index contributed by atoms with van der Waals surface area (Å²) in [5.74, 6) is -1.70. The molecule has 1 N–H and O–H groups in total. The van der Waals surface area contributed by atoms with E-state index in [-0.39, 0.29) is 12.5 Å². The molecule has 0 heterocycles. The molecule has 0 bridgehead atoms. The fraction of sp³-hybridized carbons (Fsp3) is 0.182. The van der Waals surface area contributed by atoms with Gasteiger partial charge in [0.15, 0.2) is 18.4 Å². The maximum atomic E-state index is 13.3. The number of carbonyl (C=O) groups is 1. The van der Waals surface area contributed by atoms with Crippen molar-refractivity contribution in [2.24, 2.45) is 0 Å². The van der Waals surface area contributed by atoms with Crippen molar-refractivity contribution in [1.29, 1.82) is 0 Å². The number of benzene rings is 1. The first-order valence-electron chi connectivity index (χ1n) is 4.46. The highest BCUT2D eigenvalue weighted by Crippen LogP contribution is 2.23. The number of ether oxygens (including phenoxy) is 2. The van der Waals surface area contributed by atoms with E-state index in [0.29, 0.717) is 5.56 Å². The number of carboxylic acids is 1. The topological polar surface area (TPSA) is 55.8 Å². The van der Waals surface area contributed by atoms with Crippen molar-refractivity contribution in [3.63, 3.8) is 0 Å². The summed E-state index contributed by atoms with van der Waals surface area (Å²) in [7, 11) is 1.41. The minimum absolute atomic E-state index is 0.0261. The van der Waals surface area contributed by atoms with Crippen molar-refractivity contribution >= 4 is 12.0 Å². The molecule has 4 nitrogen and oxygen atoms in total. The Bertz CT molecular complexity index is 401. The third kappa shape index (κ3) is 3.36. The van der Waals surface area contributed by atoms with Gasteiger partial charge in [-0.1, -0.05) is 12.1 Å². The van der Waals surface area contributed by atoms with Gasteiger partial charge in [0.2, 0.25) is 0 Å². The first-order chi connectivity index (χ1) is 7.65. The summed E-state index contributed by atoms with van der Waals surface area (Å²) < 4.78 is 23.0. The molecule has 5 heteroatoms. The Labute approximate surface area is 91.9 Å². The van der Waals surface area contributed by atoms with Crippen LogP contribution in [0.5, 0.6) is 5.75 Å². The molecule has 1 aromatic rings. The van der Waals surface area contributed by atoms with Gasteiger partial charge in [-0.3, -0.25) is 0 Å². The Morgan fingerprint density at radius 2 is 2.31 bits per heavy atom. The zero-order valence-electron chi connectivity index (χ0n) is 8.64. The van der Waals surface area contributed by atoms with E-state index in [1.54, 1.807) is 6.07 Å². The van der Waals surface area contributed by atoms with Crippen molar-refractivity contribution in [2.75, 3.05) is 13.9 Å². The van der Waals surface area contributed by atoms with Crippen LogP contribution in [0.15, 0.2) is 24.3 Å². The molecule has 0 aliphatic carbocycles. The summed E-state index contributed by atoms with van der Waals surface area (Å²) in [4.78, 5) is 10.3. The summed E-state index contributed by atoms with van der Waals surface area (Å²) in [6.07, 6.45) is 2.17. The van der Waals surface area contributed by atoms with E-state index in [1.165, 1.54) is 25.3 Å². The van der Waals surface area contributed by atoms with Crippen LogP contribution in [-0.4, -0.2) is 25.0 Å². The third-order valence-electron chi connectivity index (χ3n) is 1.72. The van der Waals surface area contributed by atoms with Gasteiger partial charge in [-0.15, -0.1) is 0 Å². The number of para-hydroxylation sites is 1. The number of aliphatic carboxylic acids is 1. The maximum Gasteiger partial charge on any atom is 0.328 e. The zero-order valence-corrected chi connectivity index (χ0v) is 8.64. The van der Waals surface area contributed by atoms with Gasteiger partial charge in [0, 0.05) is 18.7 Å². The lowest BCUT2D eigenvalue weighted by Gasteiger charge is -2.08. The number of hydrogen-bond donors (Lipinski definition) is 1. The van der Waals surface area contributed by atoms with Crippen molar-refractivity contribution in [3.05, 3.63) is 35.7 Å². The van der Waals surface area contributed by atoms with Crippen LogP contribution >= 0.6 is 0 Å². The van der Waals surface area contributed by atoms with E-state index >= 15 is 0 Å². The first kappa shape index (κ1) is 12.2. The van der Waals surface area contributed by atoms with Gasteiger partial charge >= 0.3 is 5.97 Å².